The van der Waals surface area contributed by atoms with Crippen LogP contribution < -0.4 is 16.0 Å². The summed E-state index contributed by atoms with van der Waals surface area (Å²) in [6.07, 6.45) is 0.759. The fraction of sp³-hybridized carbons (Fsp3) is 0.333. The molecule has 2 amide bonds. The van der Waals surface area contributed by atoms with Gasteiger partial charge >= 0.3 is 6.09 Å². The van der Waals surface area contributed by atoms with Crippen LogP contribution in [0.2, 0.25) is 0 Å². The van der Waals surface area contributed by atoms with Crippen molar-refractivity contribution >= 4 is 68.8 Å². The number of carbonyl (C=O) groups excluding carboxylic acids is 2. The summed E-state index contributed by atoms with van der Waals surface area (Å²) in [6.45, 7) is 8.27. The van der Waals surface area contributed by atoms with E-state index < -0.39 is 5.60 Å². The van der Waals surface area contributed by atoms with E-state index in [0.29, 0.717) is 41.6 Å². The summed E-state index contributed by atoms with van der Waals surface area (Å²) in [7, 11) is 0. The third-order valence-electron chi connectivity index (χ3n) is 6.12. The fourth-order valence-corrected chi connectivity index (χ4v) is 6.70. The van der Waals surface area contributed by atoms with E-state index in [1.54, 1.807) is 4.90 Å². The molecule has 0 saturated heterocycles. The SMILES string of the molecule is CCC(Sc1cccc(NC(=S)Nc2ccccc2)c1)C(=O)Nc1sc2c(c1C#N)CCN(C(=O)OC(C)(C)C)C2. The predicted molar refractivity (Wildman–Crippen MR) is 171 cm³/mol. The van der Waals surface area contributed by atoms with Crippen molar-refractivity contribution in [2.75, 3.05) is 22.5 Å². The van der Waals surface area contributed by atoms with Gasteiger partial charge in [-0.05, 0) is 81.7 Å². The number of benzene rings is 2. The van der Waals surface area contributed by atoms with Gasteiger partial charge in [-0.1, -0.05) is 31.2 Å². The van der Waals surface area contributed by atoms with Crippen LogP contribution in [-0.2, 0) is 22.5 Å². The zero-order valence-electron chi connectivity index (χ0n) is 23.4. The van der Waals surface area contributed by atoms with Crippen LogP contribution in [0.15, 0.2) is 59.5 Å². The third-order valence-corrected chi connectivity index (χ3v) is 8.82. The van der Waals surface area contributed by atoms with Gasteiger partial charge in [0.2, 0.25) is 5.91 Å². The number of ether oxygens (including phenoxy) is 1. The van der Waals surface area contributed by atoms with Crippen LogP contribution in [0.5, 0.6) is 0 Å². The molecule has 2 aromatic carbocycles. The molecule has 0 aliphatic carbocycles. The number of thioether (sulfide) groups is 1. The summed E-state index contributed by atoms with van der Waals surface area (Å²) in [5.74, 6) is -0.170. The highest BCUT2D eigenvalue weighted by atomic mass is 32.2. The molecule has 4 rings (SSSR count). The Bertz CT molecular complexity index is 1460. The van der Waals surface area contributed by atoms with Gasteiger partial charge in [-0.2, -0.15) is 5.26 Å². The molecule has 214 valence electrons. The van der Waals surface area contributed by atoms with Crippen LogP contribution in [0.25, 0.3) is 0 Å². The Morgan fingerprint density at radius 1 is 1.12 bits per heavy atom. The van der Waals surface area contributed by atoms with Crippen LogP contribution in [0.4, 0.5) is 21.2 Å². The van der Waals surface area contributed by atoms with E-state index >= 15 is 0 Å². The van der Waals surface area contributed by atoms with Gasteiger partial charge in [0.25, 0.3) is 0 Å². The van der Waals surface area contributed by atoms with Gasteiger partial charge < -0.3 is 25.6 Å². The molecule has 0 radical (unpaired) electrons. The highest BCUT2D eigenvalue weighted by Crippen LogP contribution is 2.38. The molecule has 1 aliphatic heterocycles. The minimum Gasteiger partial charge on any atom is -0.444 e. The highest BCUT2D eigenvalue weighted by molar-refractivity contribution is 8.00. The maximum atomic E-state index is 13.4. The van der Waals surface area contributed by atoms with E-state index in [2.05, 4.69) is 22.0 Å². The van der Waals surface area contributed by atoms with Crippen molar-refractivity contribution in [2.45, 2.75) is 62.8 Å². The van der Waals surface area contributed by atoms with Crippen LogP contribution in [0.1, 0.15) is 50.1 Å². The van der Waals surface area contributed by atoms with E-state index in [-0.39, 0.29) is 17.3 Å². The molecule has 0 saturated carbocycles. The number of anilines is 3. The number of nitrogens with zero attached hydrogens (tertiary/aromatic N) is 2. The number of nitriles is 1. The first-order valence-corrected chi connectivity index (χ1v) is 15.4. The Labute approximate surface area is 254 Å². The number of thiocarbonyl (C=S) groups is 1. The molecule has 2 heterocycles. The summed E-state index contributed by atoms with van der Waals surface area (Å²) in [4.78, 5) is 29.4. The maximum Gasteiger partial charge on any atom is 0.410 e. The summed E-state index contributed by atoms with van der Waals surface area (Å²) >= 11 is 8.25. The number of fused-ring (bicyclic) bond motifs is 1. The van der Waals surface area contributed by atoms with Crippen LogP contribution >= 0.6 is 35.3 Å². The lowest BCUT2D eigenvalue weighted by atomic mass is 10.0. The van der Waals surface area contributed by atoms with Crippen molar-refractivity contribution in [1.29, 1.82) is 5.26 Å². The molecule has 3 aromatic rings. The average Bonchev–Trinajstić information content (AvgIpc) is 3.27. The quantitative estimate of drug-likeness (QED) is 0.191. The van der Waals surface area contributed by atoms with Gasteiger partial charge in [-0.3, -0.25) is 4.79 Å². The molecule has 1 atom stereocenters. The van der Waals surface area contributed by atoms with E-state index in [1.165, 1.54) is 23.1 Å². The molecule has 0 bridgehead atoms. The van der Waals surface area contributed by atoms with Gasteiger partial charge in [-0.25, -0.2) is 4.79 Å². The van der Waals surface area contributed by atoms with E-state index in [9.17, 15) is 14.9 Å². The normalized spacial score (nSPS) is 13.4. The van der Waals surface area contributed by atoms with E-state index in [4.69, 9.17) is 17.0 Å². The number of rotatable bonds is 7. The minimum absolute atomic E-state index is 0.170. The molecule has 41 heavy (non-hydrogen) atoms. The molecule has 1 aliphatic rings. The summed E-state index contributed by atoms with van der Waals surface area (Å²) in [5, 5.41) is 19.9. The number of hydrogen-bond acceptors (Lipinski definition) is 7. The van der Waals surface area contributed by atoms with Gasteiger partial charge in [-0.15, -0.1) is 23.1 Å². The summed E-state index contributed by atoms with van der Waals surface area (Å²) in [6, 6.07) is 19.7. The lowest BCUT2D eigenvalue weighted by Crippen LogP contribution is -2.39. The van der Waals surface area contributed by atoms with E-state index in [1.807, 2.05) is 82.3 Å². The minimum atomic E-state index is -0.586. The molecule has 8 nitrogen and oxygen atoms in total. The second kappa shape index (κ2) is 13.4. The van der Waals surface area contributed by atoms with Crippen molar-refractivity contribution in [2.24, 2.45) is 0 Å². The standard InChI is InChI=1S/C30H33N5O3S3/c1-5-24(40-21-13-9-12-20(16-21)33-28(39)32-19-10-7-6-8-11-19)26(36)34-27-23(17-31)22-14-15-35(18-25(22)41-27)29(37)38-30(2,3)4/h6-13,16,24H,5,14-15,18H2,1-4H3,(H,34,36)(H2,32,33,39). The molecule has 1 aromatic heterocycles. The molecule has 11 heteroatoms. The number of nitrogens with one attached hydrogen (secondary N) is 3. The number of carbonyl (C=O) groups is 2. The molecule has 0 spiro atoms. The number of thiophene rings is 1. The van der Waals surface area contributed by atoms with Crippen molar-refractivity contribution in [3.8, 4) is 6.07 Å². The molecule has 0 fully saturated rings. The van der Waals surface area contributed by atoms with Gasteiger partial charge in [0.15, 0.2) is 5.11 Å². The Balaban J connectivity index is 1.40. The van der Waals surface area contributed by atoms with Crippen LogP contribution in [0.3, 0.4) is 0 Å². The second-order valence-electron chi connectivity index (χ2n) is 10.4. The lowest BCUT2D eigenvalue weighted by molar-refractivity contribution is -0.115. The van der Waals surface area contributed by atoms with Crippen molar-refractivity contribution in [3.05, 3.63) is 70.6 Å². The topological polar surface area (TPSA) is 106 Å². The zero-order chi connectivity index (χ0) is 29.6. The maximum absolute atomic E-state index is 13.4. The van der Waals surface area contributed by atoms with Crippen molar-refractivity contribution in [1.82, 2.24) is 4.90 Å². The van der Waals surface area contributed by atoms with Crippen molar-refractivity contribution < 1.29 is 14.3 Å². The molecular formula is C30H33N5O3S3. The third kappa shape index (κ3) is 8.22. The molecule has 1 unspecified atom stereocenters. The monoisotopic (exact) mass is 607 g/mol. The Morgan fingerprint density at radius 2 is 1.83 bits per heavy atom. The van der Waals surface area contributed by atoms with Crippen molar-refractivity contribution in [3.63, 3.8) is 0 Å². The first-order valence-electron chi connectivity index (χ1n) is 13.3. The van der Waals surface area contributed by atoms with Gasteiger partial charge in [0.1, 0.15) is 16.7 Å². The molecule has 3 N–H and O–H groups in total. The van der Waals surface area contributed by atoms with Gasteiger partial charge in [0.05, 0.1) is 17.4 Å². The first kappa shape index (κ1) is 30.4. The number of hydrogen-bond donors (Lipinski definition) is 3. The highest BCUT2D eigenvalue weighted by Gasteiger charge is 2.30. The summed E-state index contributed by atoms with van der Waals surface area (Å²) in [5.41, 5.74) is 2.49. The Kier molecular flexibility index (Phi) is 9.91. The van der Waals surface area contributed by atoms with Crippen LogP contribution in [-0.4, -0.2) is 39.4 Å². The van der Waals surface area contributed by atoms with E-state index in [0.717, 1.165) is 26.7 Å². The Morgan fingerprint density at radius 3 is 2.51 bits per heavy atom. The first-order chi connectivity index (χ1) is 19.6. The second-order valence-corrected chi connectivity index (χ2v) is 13.2. The predicted octanol–water partition coefficient (Wildman–Crippen LogP) is 7.23. The van der Waals surface area contributed by atoms with Gasteiger partial charge in [0, 0.05) is 27.7 Å². The smallest absolute Gasteiger partial charge is 0.410 e. The fourth-order valence-electron chi connectivity index (χ4n) is 4.23. The zero-order valence-corrected chi connectivity index (χ0v) is 25.9. The largest absolute Gasteiger partial charge is 0.444 e. The molecular weight excluding hydrogens is 575 g/mol. The summed E-state index contributed by atoms with van der Waals surface area (Å²) < 4.78 is 5.52. The number of para-hydroxylation sites is 1. The number of amides is 2. The van der Waals surface area contributed by atoms with Crippen LogP contribution in [0, 0.1) is 11.3 Å². The average molecular weight is 608 g/mol. The Hall–Kier alpha value is -3.59. The lowest BCUT2D eigenvalue weighted by Gasteiger charge is -2.29.